The van der Waals surface area contributed by atoms with E-state index in [0.29, 0.717) is 39.8 Å². The lowest BCUT2D eigenvalue weighted by Crippen LogP contribution is -1.99. The minimum atomic E-state index is -0.555. The summed E-state index contributed by atoms with van der Waals surface area (Å²) in [4.78, 5) is 12.3. The fourth-order valence-corrected chi connectivity index (χ4v) is 3.37. The van der Waals surface area contributed by atoms with Crippen molar-refractivity contribution in [3.8, 4) is 23.0 Å². The van der Waals surface area contributed by atoms with Crippen LogP contribution in [0.5, 0.6) is 23.0 Å². The molecule has 0 spiro atoms. The average molecular weight is 479 g/mol. The lowest BCUT2D eigenvalue weighted by molar-refractivity contribution is 0.104. The van der Waals surface area contributed by atoms with Crippen LogP contribution in [-0.4, -0.2) is 34.2 Å². The smallest absolute Gasteiger partial charge is 0.203 e. The number of carbonyl (C=O) groups is 1. The zero-order valence-corrected chi connectivity index (χ0v) is 19.9. The van der Waals surface area contributed by atoms with Gasteiger partial charge in [-0.2, -0.15) is 0 Å². The number of nitrogens with two attached hydrogens (primary N) is 1. The molecule has 0 atom stereocenters. The van der Waals surface area contributed by atoms with E-state index in [1.807, 2.05) is 0 Å². The second-order valence-electron chi connectivity index (χ2n) is 7.34. The predicted octanol–water partition coefficient (Wildman–Crippen LogP) is 5.42. The number of ether oxygens (including phenoxy) is 4. The lowest BCUT2D eigenvalue weighted by Gasteiger charge is -2.13. The number of hydrogen-bond acceptors (Lipinski definition) is 7. The Bertz CT molecular complexity index is 1230. The highest BCUT2D eigenvalue weighted by molar-refractivity contribution is 6.04. The number of halogens is 1. The van der Waals surface area contributed by atoms with Gasteiger partial charge in [-0.25, -0.2) is 4.39 Å². The summed E-state index contributed by atoms with van der Waals surface area (Å²) in [6.07, 6.45) is 6.30. The maximum Gasteiger partial charge on any atom is 0.203 e. The van der Waals surface area contributed by atoms with Crippen molar-refractivity contribution in [2.24, 2.45) is 0 Å². The quantitative estimate of drug-likeness (QED) is 0.174. The van der Waals surface area contributed by atoms with Crippen molar-refractivity contribution in [2.45, 2.75) is 0 Å². The number of benzene rings is 3. The zero-order chi connectivity index (χ0) is 25.4. The first-order chi connectivity index (χ1) is 16.9. The molecular weight excluding hydrogens is 451 g/mol. The number of ketones is 1. The third-order valence-corrected chi connectivity index (χ3v) is 5.09. The van der Waals surface area contributed by atoms with Crippen molar-refractivity contribution in [2.75, 3.05) is 39.5 Å². The molecule has 0 bridgehead atoms. The molecular formula is C27H27FN2O5. The van der Waals surface area contributed by atoms with Gasteiger partial charge in [-0.1, -0.05) is 12.2 Å². The Labute approximate surface area is 203 Å². The molecule has 0 amide bonds. The number of carbonyl (C=O) groups excluding carboxylic acids is 1. The van der Waals surface area contributed by atoms with Crippen LogP contribution < -0.4 is 30.0 Å². The van der Waals surface area contributed by atoms with Gasteiger partial charge in [-0.3, -0.25) is 4.79 Å². The van der Waals surface area contributed by atoms with Crippen LogP contribution in [0.15, 0.2) is 60.8 Å². The number of nitrogen functional groups attached to an aromatic ring is 1. The first-order valence-corrected chi connectivity index (χ1v) is 10.6. The lowest BCUT2D eigenvalue weighted by atomic mass is 10.1. The molecule has 0 fully saturated rings. The Morgan fingerprint density at radius 3 is 1.94 bits per heavy atom. The third kappa shape index (κ3) is 6.11. The monoisotopic (exact) mass is 478 g/mol. The summed E-state index contributed by atoms with van der Waals surface area (Å²) in [5.74, 6) is 0.737. The van der Waals surface area contributed by atoms with Crippen molar-refractivity contribution < 1.29 is 28.1 Å². The molecule has 3 aromatic carbocycles. The van der Waals surface area contributed by atoms with Crippen molar-refractivity contribution in [1.82, 2.24) is 0 Å². The minimum Gasteiger partial charge on any atom is -0.493 e. The van der Waals surface area contributed by atoms with Gasteiger partial charge >= 0.3 is 0 Å². The standard InChI is InChI=1S/C27H27FN2O5/c1-32-24-15-18(16-25(33-2)27(24)35-4)6-5-17-13-21(28)26(34-3)22(14-17)30-12-11-23(31)19-7-9-20(29)10-8-19/h5-16,30H,29H2,1-4H3. The van der Waals surface area contributed by atoms with E-state index in [1.165, 1.54) is 46.8 Å². The molecule has 182 valence electrons. The Morgan fingerprint density at radius 1 is 0.829 bits per heavy atom. The molecule has 3 N–H and O–H groups in total. The molecule has 0 aliphatic carbocycles. The Morgan fingerprint density at radius 2 is 1.40 bits per heavy atom. The van der Waals surface area contributed by atoms with E-state index in [1.54, 1.807) is 54.6 Å². The van der Waals surface area contributed by atoms with E-state index in [9.17, 15) is 9.18 Å². The molecule has 0 saturated carbocycles. The molecule has 0 radical (unpaired) electrons. The van der Waals surface area contributed by atoms with Gasteiger partial charge in [0, 0.05) is 23.5 Å². The van der Waals surface area contributed by atoms with Crippen molar-refractivity contribution in [3.63, 3.8) is 0 Å². The van der Waals surface area contributed by atoms with Crippen LogP contribution in [0.25, 0.3) is 12.2 Å². The van der Waals surface area contributed by atoms with Crippen LogP contribution in [0.2, 0.25) is 0 Å². The van der Waals surface area contributed by atoms with Gasteiger partial charge in [0.2, 0.25) is 5.75 Å². The van der Waals surface area contributed by atoms with E-state index in [4.69, 9.17) is 24.7 Å². The summed E-state index contributed by atoms with van der Waals surface area (Å²) in [6.45, 7) is 0. The molecule has 8 heteroatoms. The van der Waals surface area contributed by atoms with Gasteiger partial charge in [0.1, 0.15) is 0 Å². The molecule has 0 heterocycles. The second-order valence-corrected chi connectivity index (χ2v) is 7.34. The molecule has 3 rings (SSSR count). The second kappa shape index (κ2) is 11.6. The summed E-state index contributed by atoms with van der Waals surface area (Å²) < 4.78 is 36.0. The zero-order valence-electron chi connectivity index (χ0n) is 19.9. The van der Waals surface area contributed by atoms with Gasteiger partial charge in [0.25, 0.3) is 0 Å². The van der Waals surface area contributed by atoms with Crippen LogP contribution >= 0.6 is 0 Å². The summed E-state index contributed by atoms with van der Waals surface area (Å²) in [6, 6.07) is 13.2. The first-order valence-electron chi connectivity index (χ1n) is 10.6. The van der Waals surface area contributed by atoms with Gasteiger partial charge in [-0.15, -0.1) is 0 Å². The highest BCUT2D eigenvalue weighted by Crippen LogP contribution is 2.39. The van der Waals surface area contributed by atoms with Crippen LogP contribution in [0, 0.1) is 5.82 Å². The minimum absolute atomic E-state index is 0.0273. The predicted molar refractivity (Wildman–Crippen MR) is 136 cm³/mol. The van der Waals surface area contributed by atoms with Crippen molar-refractivity contribution in [3.05, 3.63) is 83.3 Å². The molecule has 0 unspecified atom stereocenters. The number of anilines is 2. The summed E-state index contributed by atoms with van der Waals surface area (Å²) >= 11 is 0. The molecule has 0 aliphatic rings. The SMILES string of the molecule is COc1cc(C=Cc2cc(F)c(OC)c(NC=CC(=O)c3ccc(N)cc3)c2)cc(OC)c1OC. The first kappa shape index (κ1) is 25.2. The number of hydrogen-bond donors (Lipinski definition) is 2. The Hall–Kier alpha value is -4.46. The molecule has 0 saturated heterocycles. The molecule has 3 aromatic rings. The summed E-state index contributed by atoms with van der Waals surface area (Å²) in [5, 5.41) is 2.93. The topological polar surface area (TPSA) is 92.0 Å². The number of allylic oxidation sites excluding steroid dienone is 1. The summed E-state index contributed by atoms with van der Waals surface area (Å²) in [7, 11) is 5.97. The number of rotatable bonds is 10. The molecule has 35 heavy (non-hydrogen) atoms. The maximum absolute atomic E-state index is 14.7. The fraction of sp³-hybridized carbons (Fsp3) is 0.148. The van der Waals surface area contributed by atoms with Crippen LogP contribution in [0.4, 0.5) is 15.8 Å². The summed E-state index contributed by atoms with van der Waals surface area (Å²) in [5.41, 5.74) is 8.40. The fourth-order valence-electron chi connectivity index (χ4n) is 3.37. The van der Waals surface area contributed by atoms with Gasteiger partial charge in [0.05, 0.1) is 34.1 Å². The van der Waals surface area contributed by atoms with Crippen LogP contribution in [0.3, 0.4) is 0 Å². The van der Waals surface area contributed by atoms with E-state index >= 15 is 0 Å². The number of nitrogens with one attached hydrogen (secondary N) is 1. The van der Waals surface area contributed by atoms with Gasteiger partial charge in [0.15, 0.2) is 28.8 Å². The molecule has 0 aromatic heterocycles. The maximum atomic E-state index is 14.7. The van der Waals surface area contributed by atoms with Gasteiger partial charge < -0.3 is 30.0 Å². The van der Waals surface area contributed by atoms with E-state index in [0.717, 1.165) is 5.56 Å². The normalized spacial score (nSPS) is 11.0. The van der Waals surface area contributed by atoms with E-state index in [-0.39, 0.29) is 11.5 Å². The average Bonchev–Trinajstić information content (AvgIpc) is 2.86. The number of methoxy groups -OCH3 is 4. The van der Waals surface area contributed by atoms with E-state index in [2.05, 4.69) is 5.32 Å². The highest BCUT2D eigenvalue weighted by atomic mass is 19.1. The van der Waals surface area contributed by atoms with Crippen LogP contribution in [-0.2, 0) is 0 Å². The third-order valence-electron chi connectivity index (χ3n) is 5.09. The van der Waals surface area contributed by atoms with Crippen molar-refractivity contribution >= 4 is 29.3 Å². The van der Waals surface area contributed by atoms with Crippen molar-refractivity contribution in [1.29, 1.82) is 0 Å². The Kier molecular flexibility index (Phi) is 8.34. The van der Waals surface area contributed by atoms with Gasteiger partial charge in [-0.05, 0) is 59.7 Å². The highest BCUT2D eigenvalue weighted by Gasteiger charge is 2.13. The molecule has 0 aliphatic heterocycles. The molecule has 7 nitrogen and oxygen atoms in total. The van der Waals surface area contributed by atoms with E-state index < -0.39 is 5.82 Å². The van der Waals surface area contributed by atoms with Crippen LogP contribution in [0.1, 0.15) is 21.5 Å². The largest absolute Gasteiger partial charge is 0.493 e. The Balaban J connectivity index is 1.85.